The highest BCUT2D eigenvalue weighted by atomic mass is 32.1. The molecule has 0 aliphatic rings. The molecule has 0 fully saturated rings. The number of ether oxygens (including phenoxy) is 1. The molecular weight excluding hydrogens is 312 g/mol. The van der Waals surface area contributed by atoms with Crippen LogP contribution < -0.4 is 4.74 Å². The number of carbonyl (C=O) groups is 1. The second-order valence-corrected chi connectivity index (χ2v) is 6.06. The standard InChI is InChI=1S/C17H20N2O3S/c1-13-18-15(12-23-13)11-22-16-6-4-3-5-14(16)7-8-17(21)19(2)9-10-20/h3-8,12,20H,9-11H2,1-2H3/b8-7+. The van der Waals surface area contributed by atoms with Gasteiger partial charge in [0.05, 0.1) is 17.3 Å². The van der Waals surface area contributed by atoms with Crippen LogP contribution in [0.3, 0.4) is 0 Å². The summed E-state index contributed by atoms with van der Waals surface area (Å²) in [6.07, 6.45) is 3.20. The number of aliphatic hydroxyl groups excluding tert-OH is 1. The zero-order valence-corrected chi connectivity index (χ0v) is 14.0. The lowest BCUT2D eigenvalue weighted by Crippen LogP contribution is -2.27. The maximum atomic E-state index is 11.9. The number of carbonyl (C=O) groups excluding carboxylic acids is 1. The zero-order chi connectivity index (χ0) is 16.7. The van der Waals surface area contributed by atoms with E-state index in [1.807, 2.05) is 36.6 Å². The van der Waals surface area contributed by atoms with Gasteiger partial charge in [-0.15, -0.1) is 11.3 Å². The first-order valence-electron chi connectivity index (χ1n) is 7.27. The van der Waals surface area contributed by atoms with Crippen molar-refractivity contribution < 1.29 is 14.6 Å². The van der Waals surface area contributed by atoms with E-state index in [9.17, 15) is 4.79 Å². The highest BCUT2D eigenvalue weighted by Gasteiger charge is 2.06. The Morgan fingerprint density at radius 2 is 2.22 bits per heavy atom. The SMILES string of the molecule is Cc1nc(COc2ccccc2/C=C/C(=O)N(C)CCO)cs1. The molecule has 0 saturated heterocycles. The van der Waals surface area contributed by atoms with Crippen molar-refractivity contribution in [3.05, 3.63) is 52.0 Å². The number of amides is 1. The van der Waals surface area contributed by atoms with E-state index < -0.39 is 0 Å². The Hall–Kier alpha value is -2.18. The lowest BCUT2D eigenvalue weighted by atomic mass is 10.2. The summed E-state index contributed by atoms with van der Waals surface area (Å²) < 4.78 is 5.80. The molecule has 1 heterocycles. The predicted molar refractivity (Wildman–Crippen MR) is 91.4 cm³/mol. The lowest BCUT2D eigenvalue weighted by molar-refractivity contribution is -0.125. The fourth-order valence-electron chi connectivity index (χ4n) is 1.92. The molecule has 1 aromatic heterocycles. The molecule has 2 aromatic rings. The molecule has 23 heavy (non-hydrogen) atoms. The van der Waals surface area contributed by atoms with E-state index in [2.05, 4.69) is 4.98 Å². The molecule has 1 amide bonds. The number of para-hydroxylation sites is 1. The molecule has 1 aromatic carbocycles. The molecule has 1 N–H and O–H groups in total. The number of benzene rings is 1. The molecule has 0 aliphatic heterocycles. The van der Waals surface area contributed by atoms with Gasteiger partial charge in [0.1, 0.15) is 12.4 Å². The summed E-state index contributed by atoms with van der Waals surface area (Å²) in [4.78, 5) is 17.7. The number of hydrogen-bond acceptors (Lipinski definition) is 5. The average Bonchev–Trinajstić information content (AvgIpc) is 2.97. The molecule has 0 aliphatic carbocycles. The van der Waals surface area contributed by atoms with E-state index >= 15 is 0 Å². The van der Waals surface area contributed by atoms with Gasteiger partial charge in [0, 0.05) is 30.6 Å². The van der Waals surface area contributed by atoms with Crippen LogP contribution in [0.2, 0.25) is 0 Å². The number of aromatic nitrogens is 1. The summed E-state index contributed by atoms with van der Waals surface area (Å²) in [5.74, 6) is 0.538. The Morgan fingerprint density at radius 3 is 2.91 bits per heavy atom. The van der Waals surface area contributed by atoms with Gasteiger partial charge in [-0.05, 0) is 19.1 Å². The molecule has 0 spiro atoms. The van der Waals surface area contributed by atoms with Crippen molar-refractivity contribution in [3.8, 4) is 5.75 Å². The molecule has 0 unspecified atom stereocenters. The van der Waals surface area contributed by atoms with Crippen LogP contribution in [0.4, 0.5) is 0 Å². The molecule has 6 heteroatoms. The third kappa shape index (κ3) is 5.19. The van der Waals surface area contributed by atoms with Crippen LogP contribution in [-0.2, 0) is 11.4 Å². The van der Waals surface area contributed by atoms with Crippen LogP contribution in [0.1, 0.15) is 16.3 Å². The van der Waals surface area contributed by atoms with Crippen LogP contribution in [0.5, 0.6) is 5.75 Å². The van der Waals surface area contributed by atoms with E-state index in [0.717, 1.165) is 16.3 Å². The van der Waals surface area contributed by atoms with Gasteiger partial charge in [-0.2, -0.15) is 0 Å². The monoisotopic (exact) mass is 332 g/mol. The summed E-state index contributed by atoms with van der Waals surface area (Å²) in [5.41, 5.74) is 1.72. The number of hydrogen-bond donors (Lipinski definition) is 1. The summed E-state index contributed by atoms with van der Waals surface area (Å²) >= 11 is 1.59. The average molecular weight is 332 g/mol. The number of nitrogens with zero attached hydrogens (tertiary/aromatic N) is 2. The van der Waals surface area contributed by atoms with E-state index in [0.29, 0.717) is 18.9 Å². The normalized spacial score (nSPS) is 10.9. The minimum Gasteiger partial charge on any atom is -0.487 e. The molecule has 0 bridgehead atoms. The maximum absolute atomic E-state index is 11.9. The van der Waals surface area contributed by atoms with Crippen molar-refractivity contribution in [1.82, 2.24) is 9.88 Å². The van der Waals surface area contributed by atoms with Gasteiger partial charge in [0.25, 0.3) is 0 Å². The van der Waals surface area contributed by atoms with Gasteiger partial charge in [-0.1, -0.05) is 18.2 Å². The molecule has 5 nitrogen and oxygen atoms in total. The third-order valence-corrected chi connectivity index (χ3v) is 4.00. The van der Waals surface area contributed by atoms with Crippen molar-refractivity contribution >= 4 is 23.3 Å². The first-order valence-corrected chi connectivity index (χ1v) is 8.15. The smallest absolute Gasteiger partial charge is 0.246 e. The molecular formula is C17H20N2O3S. The topological polar surface area (TPSA) is 62.7 Å². The van der Waals surface area contributed by atoms with Crippen molar-refractivity contribution in [2.75, 3.05) is 20.2 Å². The van der Waals surface area contributed by atoms with Crippen molar-refractivity contribution in [1.29, 1.82) is 0 Å². The second-order valence-electron chi connectivity index (χ2n) is 5.00. The Bertz CT molecular complexity index is 682. The van der Waals surface area contributed by atoms with Crippen molar-refractivity contribution in [2.45, 2.75) is 13.5 Å². The van der Waals surface area contributed by atoms with Crippen LogP contribution in [0, 0.1) is 6.92 Å². The quantitative estimate of drug-likeness (QED) is 0.791. The first-order chi connectivity index (χ1) is 11.1. The van der Waals surface area contributed by atoms with Crippen LogP contribution in [0.25, 0.3) is 6.08 Å². The summed E-state index contributed by atoms with van der Waals surface area (Å²) in [5, 5.41) is 11.8. The third-order valence-electron chi connectivity index (χ3n) is 3.18. The van der Waals surface area contributed by atoms with E-state index in [-0.39, 0.29) is 12.5 Å². The minimum absolute atomic E-state index is 0.0527. The fraction of sp³-hybridized carbons (Fsp3) is 0.294. The maximum Gasteiger partial charge on any atom is 0.246 e. The number of thiazole rings is 1. The van der Waals surface area contributed by atoms with Gasteiger partial charge < -0.3 is 14.7 Å². The Kier molecular flexibility index (Phi) is 6.31. The minimum atomic E-state index is -0.163. The second kappa shape index (κ2) is 8.45. The highest BCUT2D eigenvalue weighted by molar-refractivity contribution is 7.09. The Morgan fingerprint density at radius 1 is 1.43 bits per heavy atom. The first kappa shape index (κ1) is 17.2. The van der Waals surface area contributed by atoms with Crippen molar-refractivity contribution in [2.24, 2.45) is 0 Å². The zero-order valence-electron chi connectivity index (χ0n) is 13.2. The highest BCUT2D eigenvalue weighted by Crippen LogP contribution is 2.21. The van der Waals surface area contributed by atoms with Crippen LogP contribution >= 0.6 is 11.3 Å². The van der Waals surface area contributed by atoms with Gasteiger partial charge in [-0.3, -0.25) is 4.79 Å². The largest absolute Gasteiger partial charge is 0.487 e. The summed E-state index contributed by atoms with van der Waals surface area (Å²) in [7, 11) is 1.65. The van der Waals surface area contributed by atoms with Gasteiger partial charge >= 0.3 is 0 Å². The van der Waals surface area contributed by atoms with Gasteiger partial charge in [0.2, 0.25) is 5.91 Å². The van der Waals surface area contributed by atoms with Crippen LogP contribution in [0.15, 0.2) is 35.7 Å². The van der Waals surface area contributed by atoms with E-state index in [4.69, 9.17) is 9.84 Å². The number of likely N-dealkylation sites (N-methyl/N-ethyl adjacent to an activating group) is 1. The molecule has 0 radical (unpaired) electrons. The Balaban J connectivity index is 2.03. The summed E-state index contributed by atoms with van der Waals surface area (Å²) in [6.45, 7) is 2.61. The Labute approximate surface area is 139 Å². The lowest BCUT2D eigenvalue weighted by Gasteiger charge is -2.13. The predicted octanol–water partition coefficient (Wildman–Crippen LogP) is 2.49. The molecule has 0 saturated carbocycles. The fourth-order valence-corrected chi connectivity index (χ4v) is 2.52. The van der Waals surface area contributed by atoms with Crippen LogP contribution in [-0.4, -0.2) is 41.1 Å². The number of aliphatic hydroxyl groups is 1. The van der Waals surface area contributed by atoms with Crippen molar-refractivity contribution in [3.63, 3.8) is 0 Å². The molecule has 0 atom stereocenters. The number of aryl methyl sites for hydroxylation is 1. The summed E-state index contributed by atoms with van der Waals surface area (Å²) in [6, 6.07) is 7.53. The number of rotatable bonds is 7. The molecule has 2 rings (SSSR count). The molecule has 122 valence electrons. The van der Waals surface area contributed by atoms with E-state index in [1.54, 1.807) is 24.5 Å². The van der Waals surface area contributed by atoms with Gasteiger partial charge in [-0.25, -0.2) is 4.98 Å². The van der Waals surface area contributed by atoms with Gasteiger partial charge in [0.15, 0.2) is 0 Å². The van der Waals surface area contributed by atoms with E-state index in [1.165, 1.54) is 11.0 Å².